The molecule has 2 N–H and O–H groups in total. The monoisotopic (exact) mass is 1260 g/mol. The number of hydrogen-bond acceptors (Lipinski definition) is 12. The van der Waals surface area contributed by atoms with Crippen LogP contribution in [0.5, 0.6) is 0 Å². The number of amides is 4. The van der Waals surface area contributed by atoms with Gasteiger partial charge < -0.3 is 38.9 Å². The molecule has 3 saturated heterocycles. The van der Waals surface area contributed by atoms with Gasteiger partial charge in [-0.1, -0.05) is 61.3 Å². The van der Waals surface area contributed by atoms with Crippen molar-refractivity contribution < 1.29 is 37.3 Å². The van der Waals surface area contributed by atoms with Crippen molar-refractivity contribution in [2.45, 2.75) is 79.1 Å². The molecular formula is C59H62BBrCl2F2N12O8. The molecule has 85 heavy (non-hydrogen) atoms. The third kappa shape index (κ3) is 14.9. The summed E-state index contributed by atoms with van der Waals surface area (Å²) in [6.45, 7) is 11.2. The third-order valence-electron chi connectivity index (χ3n) is 14.5. The Morgan fingerprint density at radius 3 is 1.48 bits per heavy atom. The van der Waals surface area contributed by atoms with Crippen LogP contribution in [0.3, 0.4) is 0 Å². The molecule has 0 saturated carbocycles. The van der Waals surface area contributed by atoms with E-state index in [1.165, 1.54) is 46.5 Å². The number of rotatable bonds is 12. The number of nitrogens with one attached hydrogen (secondary N) is 2. The highest BCUT2D eigenvalue weighted by molar-refractivity contribution is 9.10. The number of carbonyl (C=O) groups is 4. The molecule has 20 nitrogen and oxygen atoms in total. The van der Waals surface area contributed by atoms with Gasteiger partial charge >= 0.3 is 7.12 Å². The first-order chi connectivity index (χ1) is 40.1. The van der Waals surface area contributed by atoms with Gasteiger partial charge in [-0.2, -0.15) is 0 Å². The molecule has 11 rings (SSSR count). The minimum Gasteiger partial charge on any atom is -0.407 e. The van der Waals surface area contributed by atoms with Crippen molar-refractivity contribution in [1.82, 2.24) is 58.6 Å². The average Bonchev–Trinajstić information content (AvgIpc) is 3.04. The zero-order chi connectivity index (χ0) is 61.3. The van der Waals surface area contributed by atoms with Crippen LogP contribution in [0.25, 0.3) is 33.3 Å². The number of aromatic nitrogens is 8. The number of alkyl halides is 2. The van der Waals surface area contributed by atoms with Gasteiger partial charge in [-0.15, -0.1) is 0 Å². The highest BCUT2D eigenvalue weighted by Gasteiger charge is 2.43. The molecule has 0 aliphatic carbocycles. The molecule has 0 bridgehead atoms. The predicted molar refractivity (Wildman–Crippen MR) is 323 cm³/mol. The van der Waals surface area contributed by atoms with E-state index in [1.54, 1.807) is 66.9 Å². The highest BCUT2D eigenvalue weighted by Crippen LogP contribution is 2.28. The molecule has 2 aromatic carbocycles. The van der Waals surface area contributed by atoms with Crippen LogP contribution in [0.4, 0.5) is 8.78 Å². The van der Waals surface area contributed by atoms with Gasteiger partial charge in [-0.05, 0) is 103 Å². The van der Waals surface area contributed by atoms with Gasteiger partial charge in [0.05, 0.1) is 31.9 Å². The van der Waals surface area contributed by atoms with E-state index in [1.807, 2.05) is 63.3 Å². The summed E-state index contributed by atoms with van der Waals surface area (Å²) in [6.07, 6.45) is 6.89. The molecule has 3 fully saturated rings. The molecule has 0 unspecified atom stereocenters. The minimum absolute atomic E-state index is 0.0452. The van der Waals surface area contributed by atoms with Crippen LogP contribution in [-0.4, -0.2) is 129 Å². The minimum atomic E-state index is -1.45. The van der Waals surface area contributed by atoms with E-state index in [2.05, 4.69) is 46.5 Å². The van der Waals surface area contributed by atoms with E-state index in [-0.39, 0.29) is 80.2 Å². The zero-order valence-electron chi connectivity index (χ0n) is 48.0. The zero-order valence-corrected chi connectivity index (χ0v) is 51.1. The second-order valence-electron chi connectivity index (χ2n) is 22.8. The Morgan fingerprint density at radius 2 is 1.08 bits per heavy atom. The summed E-state index contributed by atoms with van der Waals surface area (Å²) in [5.74, 6) is -0.208. The van der Waals surface area contributed by atoms with Crippen LogP contribution < -0.4 is 27.2 Å². The maximum absolute atomic E-state index is 14.0. The standard InChI is InChI=1S/C27H29BClFN4O5.C27H26ClFN6O3.C5H7BrN2/c1-26(2)15-38-28(39-16-26)19-8-18-9-21(24(36)32-10-17-4-6-20(29)7-5-17)25(37)34(23(18)31-11-19)12-22(35)33-13-27(3,30)14-33;1-16-32-22(12-33(16)3)19-8-18-9-21(25(37)31-10-17-4-6-20(28)7-5-17)26(38)35(24(18)30-11-19)13-23(36)34-14-27(2,29)15-34;1-4-7-5(6)3-8(4)2/h4-9,11H,10,12-16H2,1-3H3,(H,32,36);4-9,11-12H,10,13-15H2,1-3H3,(H,31,37);3H,1-2H3. The fraction of sp³-hybridized carbons (Fsp3) is 0.356. The number of hydrogen-bond donors (Lipinski definition) is 2. The summed E-state index contributed by atoms with van der Waals surface area (Å²) in [5.41, 5.74) is -0.528. The Hall–Kier alpha value is -7.64. The second-order valence-corrected chi connectivity index (χ2v) is 24.5. The molecule has 0 atom stereocenters. The average molecular weight is 1270 g/mol. The van der Waals surface area contributed by atoms with Crippen molar-refractivity contribution in [2.75, 3.05) is 39.4 Å². The van der Waals surface area contributed by atoms with Crippen LogP contribution in [-0.2, 0) is 59.2 Å². The Kier molecular flexibility index (Phi) is 18.3. The van der Waals surface area contributed by atoms with E-state index in [9.17, 15) is 37.5 Å². The lowest BCUT2D eigenvalue weighted by Crippen LogP contribution is -2.60. The summed E-state index contributed by atoms with van der Waals surface area (Å²) < 4.78 is 46.8. The highest BCUT2D eigenvalue weighted by atomic mass is 79.9. The number of benzene rings is 2. The van der Waals surface area contributed by atoms with Crippen molar-refractivity contribution in [3.05, 3.63) is 167 Å². The quantitative estimate of drug-likeness (QED) is 0.117. The molecule has 0 radical (unpaired) electrons. The van der Waals surface area contributed by atoms with Gasteiger partial charge in [0.1, 0.15) is 63.1 Å². The molecular weight excluding hydrogens is 1200 g/mol. The van der Waals surface area contributed by atoms with E-state index >= 15 is 0 Å². The van der Waals surface area contributed by atoms with Crippen molar-refractivity contribution in [3.63, 3.8) is 0 Å². The molecule has 3 aliphatic rings. The fourth-order valence-electron chi connectivity index (χ4n) is 9.62. The van der Waals surface area contributed by atoms with E-state index < -0.39 is 53.2 Å². The molecule has 8 aromatic rings. The fourth-order valence-corrected chi connectivity index (χ4v) is 10.4. The number of halogens is 5. The normalized spacial score (nSPS) is 15.7. The van der Waals surface area contributed by atoms with Gasteiger partial charge in [0.25, 0.3) is 22.9 Å². The van der Waals surface area contributed by atoms with E-state index in [0.717, 1.165) is 31.9 Å². The van der Waals surface area contributed by atoms with Crippen molar-refractivity contribution in [1.29, 1.82) is 0 Å². The molecule has 6 aromatic heterocycles. The molecule has 26 heteroatoms. The van der Waals surface area contributed by atoms with Crippen molar-refractivity contribution in [3.8, 4) is 11.3 Å². The van der Waals surface area contributed by atoms with Gasteiger partial charge in [-0.3, -0.25) is 37.9 Å². The van der Waals surface area contributed by atoms with Crippen LogP contribution in [0, 0.1) is 19.3 Å². The lowest BCUT2D eigenvalue weighted by Gasteiger charge is -2.42. The Balaban J connectivity index is 0.000000180. The van der Waals surface area contributed by atoms with E-state index in [4.69, 9.17) is 32.5 Å². The Bertz CT molecular complexity index is 3940. The lowest BCUT2D eigenvalue weighted by molar-refractivity contribution is -0.145. The summed E-state index contributed by atoms with van der Waals surface area (Å²) >= 11 is 15.1. The second kappa shape index (κ2) is 25.1. The third-order valence-corrected chi connectivity index (χ3v) is 15.4. The predicted octanol–water partition coefficient (Wildman–Crippen LogP) is 7.07. The van der Waals surface area contributed by atoms with Crippen LogP contribution in [0.1, 0.15) is 71.2 Å². The molecule has 3 aliphatic heterocycles. The van der Waals surface area contributed by atoms with Crippen LogP contribution in [0.15, 0.2) is 112 Å². The van der Waals surface area contributed by atoms with Gasteiger partial charge in [-0.25, -0.2) is 28.7 Å². The number of carbonyl (C=O) groups excluding carboxylic acids is 4. The van der Waals surface area contributed by atoms with Gasteiger partial charge in [0.2, 0.25) is 11.8 Å². The Morgan fingerprint density at radius 1 is 0.647 bits per heavy atom. The smallest absolute Gasteiger partial charge is 0.407 e. The first-order valence-electron chi connectivity index (χ1n) is 27.1. The number of imidazole rings is 2. The SMILES string of the molecule is CC1(C)COB(c2cnc3c(c2)cc(C(=O)NCc2ccc(Cl)cc2)c(=O)n3CC(=O)N2CC(C)(F)C2)OC1.Cc1nc(-c2cnc3c(c2)cc(C(=O)NCc2ccc(Cl)cc2)c(=O)n3CC(=O)N2CC(C)(F)C2)cn1C.Cc1nc(Br)cn1C. The largest absolute Gasteiger partial charge is 0.495 e. The summed E-state index contributed by atoms with van der Waals surface area (Å²) in [7, 11) is 3.19. The van der Waals surface area contributed by atoms with Crippen LogP contribution >= 0.6 is 39.1 Å². The number of fused-ring (bicyclic) bond motifs is 2. The summed E-state index contributed by atoms with van der Waals surface area (Å²) in [6, 6.07) is 20.4. The number of likely N-dealkylation sites (tertiary alicyclic amines) is 2. The maximum Gasteiger partial charge on any atom is 0.495 e. The summed E-state index contributed by atoms with van der Waals surface area (Å²) in [4.78, 5) is 99.2. The van der Waals surface area contributed by atoms with Crippen molar-refractivity contribution >= 4 is 97.4 Å². The topological polar surface area (TPSA) is 223 Å². The molecule has 444 valence electrons. The molecule has 4 amide bonds. The molecule has 9 heterocycles. The van der Waals surface area contributed by atoms with E-state index in [0.29, 0.717) is 50.8 Å². The molecule has 0 spiro atoms. The van der Waals surface area contributed by atoms with Gasteiger partial charge in [0, 0.05) is 102 Å². The van der Waals surface area contributed by atoms with Gasteiger partial charge in [0.15, 0.2) is 0 Å². The lowest BCUT2D eigenvalue weighted by atomic mass is 9.76. The first kappa shape index (κ1) is 61.9. The number of pyridine rings is 4. The Labute approximate surface area is 506 Å². The van der Waals surface area contributed by atoms with Crippen LogP contribution in [0.2, 0.25) is 10.0 Å². The maximum atomic E-state index is 14.0. The number of aryl methyl sites for hydroxylation is 4. The summed E-state index contributed by atoms with van der Waals surface area (Å²) in [5, 5.41) is 7.61. The first-order valence-corrected chi connectivity index (χ1v) is 28.6. The number of nitrogens with zero attached hydrogens (tertiary/aromatic N) is 10. The van der Waals surface area contributed by atoms with Crippen molar-refractivity contribution in [2.24, 2.45) is 19.5 Å².